The number of urea groups is 1. The number of amides is 2. The summed E-state index contributed by atoms with van der Waals surface area (Å²) in [4.78, 5) is 19.7. The lowest BCUT2D eigenvalue weighted by Crippen LogP contribution is -2.40. The van der Waals surface area contributed by atoms with Crippen LogP contribution in [0.25, 0.3) is 10.9 Å². The van der Waals surface area contributed by atoms with Crippen molar-refractivity contribution in [3.8, 4) is 5.75 Å². The first kappa shape index (κ1) is 23.6. The van der Waals surface area contributed by atoms with E-state index in [0.717, 1.165) is 27.6 Å². The molecule has 0 aliphatic carbocycles. The number of carbonyl (C=O) groups excluding carboxylic acids is 1. The number of pyridine rings is 1. The number of fused-ring (bicyclic) bond motifs is 1. The molecule has 8 heteroatoms. The molecule has 1 aromatic heterocycles. The van der Waals surface area contributed by atoms with Crippen molar-refractivity contribution in [2.45, 2.75) is 20.4 Å². The van der Waals surface area contributed by atoms with Gasteiger partial charge < -0.3 is 14.4 Å². The summed E-state index contributed by atoms with van der Waals surface area (Å²) in [7, 11) is 3.20. The molecule has 0 radical (unpaired) electrons. The fraction of sp³-hybridized carbons (Fsp3) is 0.304. The van der Waals surface area contributed by atoms with Crippen LogP contribution in [0.5, 0.6) is 5.75 Å². The van der Waals surface area contributed by atoms with Crippen molar-refractivity contribution in [3.63, 3.8) is 0 Å². The molecule has 6 nitrogen and oxygen atoms in total. The summed E-state index contributed by atoms with van der Waals surface area (Å²) in [6.07, 6.45) is 0. The van der Waals surface area contributed by atoms with Crippen LogP contribution in [-0.2, 0) is 11.3 Å². The molecular formula is C23H25ClIN3O3. The maximum absolute atomic E-state index is 13.4. The van der Waals surface area contributed by atoms with Gasteiger partial charge in [-0.25, -0.2) is 12.9 Å². The van der Waals surface area contributed by atoms with Gasteiger partial charge in [0, 0.05) is 24.6 Å². The number of nitrogens with zero attached hydrogens (tertiary/aromatic N) is 3. The second-order valence-corrected chi connectivity index (χ2v) is 8.49. The molecule has 2 aromatic carbocycles. The van der Waals surface area contributed by atoms with Crippen molar-refractivity contribution in [2.75, 3.05) is 30.5 Å². The van der Waals surface area contributed by atoms with Crippen LogP contribution in [0.3, 0.4) is 0 Å². The number of rotatable bonds is 7. The Morgan fingerprint density at radius 3 is 2.61 bits per heavy atom. The van der Waals surface area contributed by atoms with E-state index in [4.69, 9.17) is 21.1 Å². The summed E-state index contributed by atoms with van der Waals surface area (Å²) < 4.78 is 12.2. The Labute approximate surface area is 201 Å². The third-order valence-electron chi connectivity index (χ3n) is 5.20. The second kappa shape index (κ2) is 10.5. The van der Waals surface area contributed by atoms with Gasteiger partial charge in [-0.1, -0.05) is 35.9 Å². The fourth-order valence-electron chi connectivity index (χ4n) is 3.28. The molecule has 3 aromatic rings. The number of anilines is 1. The molecule has 31 heavy (non-hydrogen) atoms. The maximum Gasteiger partial charge on any atom is 0.334 e. The predicted octanol–water partition coefficient (Wildman–Crippen LogP) is 5.94. The van der Waals surface area contributed by atoms with Gasteiger partial charge in [-0.2, -0.15) is 0 Å². The first-order chi connectivity index (χ1) is 14.9. The Hall–Kier alpha value is -2.10. The minimum atomic E-state index is -0.196. The lowest BCUT2D eigenvalue weighted by atomic mass is 10.0. The average Bonchev–Trinajstić information content (AvgIpc) is 2.79. The number of hydrogen-bond acceptors (Lipinski definition) is 4. The quantitative estimate of drug-likeness (QED) is 0.206. The van der Waals surface area contributed by atoms with Crippen LogP contribution in [0.1, 0.15) is 16.7 Å². The fourth-order valence-corrected chi connectivity index (χ4v) is 4.19. The SMILES string of the molecule is COCCN(Cc1cc2ccc(C)c(C)c2nc1Cl)C(=O)N(I)c1ccccc1OC. The summed E-state index contributed by atoms with van der Waals surface area (Å²) in [5.74, 6) is 0.619. The average molecular weight is 554 g/mol. The molecule has 0 spiro atoms. The van der Waals surface area contributed by atoms with Gasteiger partial charge in [0.05, 0.1) is 54.3 Å². The standard InChI is InChI=1S/C23H25ClIN3O3/c1-15-9-10-17-13-18(22(24)26-21(17)16(15)2)14-27(11-12-30-3)23(29)28(25)19-7-5-6-8-20(19)31-4/h5-10,13H,11-12,14H2,1-4H3. The highest BCUT2D eigenvalue weighted by molar-refractivity contribution is 14.1. The highest BCUT2D eigenvalue weighted by atomic mass is 127. The largest absolute Gasteiger partial charge is 0.495 e. The zero-order valence-corrected chi connectivity index (χ0v) is 20.9. The minimum absolute atomic E-state index is 0.196. The normalized spacial score (nSPS) is 10.9. The van der Waals surface area contributed by atoms with Crippen LogP contribution in [0.4, 0.5) is 10.5 Å². The number of ether oxygens (including phenoxy) is 2. The van der Waals surface area contributed by atoms with E-state index in [0.29, 0.717) is 36.3 Å². The minimum Gasteiger partial charge on any atom is -0.495 e. The lowest BCUT2D eigenvalue weighted by molar-refractivity contribution is 0.152. The molecule has 2 amide bonds. The van der Waals surface area contributed by atoms with E-state index in [2.05, 4.69) is 18.0 Å². The number of carbonyl (C=O) groups is 1. The van der Waals surface area contributed by atoms with E-state index < -0.39 is 0 Å². The number of benzene rings is 2. The first-order valence-electron chi connectivity index (χ1n) is 9.79. The van der Waals surface area contributed by atoms with Gasteiger partial charge in [-0.05, 0) is 43.2 Å². The summed E-state index contributed by atoms with van der Waals surface area (Å²) in [6.45, 7) is 5.21. The summed E-state index contributed by atoms with van der Waals surface area (Å²) in [5, 5.41) is 1.39. The van der Waals surface area contributed by atoms with Crippen molar-refractivity contribution in [2.24, 2.45) is 0 Å². The molecule has 0 N–H and O–H groups in total. The van der Waals surface area contributed by atoms with Crippen LogP contribution >= 0.6 is 34.5 Å². The van der Waals surface area contributed by atoms with Crippen molar-refractivity contribution in [1.82, 2.24) is 9.88 Å². The number of para-hydroxylation sites is 2. The molecule has 0 fully saturated rings. The third kappa shape index (κ3) is 5.22. The molecule has 0 atom stereocenters. The van der Waals surface area contributed by atoms with E-state index in [1.54, 1.807) is 22.2 Å². The van der Waals surface area contributed by atoms with Crippen molar-refractivity contribution in [1.29, 1.82) is 0 Å². The van der Waals surface area contributed by atoms with E-state index in [9.17, 15) is 4.79 Å². The molecule has 3 rings (SSSR count). The maximum atomic E-state index is 13.4. The summed E-state index contributed by atoms with van der Waals surface area (Å²) >= 11 is 8.53. The zero-order chi connectivity index (χ0) is 22.5. The third-order valence-corrected chi connectivity index (χ3v) is 6.46. The second-order valence-electron chi connectivity index (χ2n) is 7.17. The van der Waals surface area contributed by atoms with Crippen LogP contribution in [-0.4, -0.2) is 43.3 Å². The van der Waals surface area contributed by atoms with Gasteiger partial charge in [0.2, 0.25) is 0 Å². The Bertz CT molecular complexity index is 1090. The molecule has 1 heterocycles. The number of aryl methyl sites for hydroxylation is 2. The van der Waals surface area contributed by atoms with E-state index in [-0.39, 0.29) is 6.03 Å². The lowest BCUT2D eigenvalue weighted by Gasteiger charge is -2.28. The van der Waals surface area contributed by atoms with Gasteiger partial charge in [0.15, 0.2) is 0 Å². The van der Waals surface area contributed by atoms with Crippen LogP contribution in [0.2, 0.25) is 5.15 Å². The van der Waals surface area contributed by atoms with Crippen LogP contribution in [0, 0.1) is 13.8 Å². The highest BCUT2D eigenvalue weighted by Crippen LogP contribution is 2.32. The molecule has 164 valence electrons. The summed E-state index contributed by atoms with van der Waals surface area (Å²) in [6, 6.07) is 13.3. The number of methoxy groups -OCH3 is 2. The van der Waals surface area contributed by atoms with Gasteiger partial charge in [0.25, 0.3) is 0 Å². The van der Waals surface area contributed by atoms with Crippen molar-refractivity contribution >= 4 is 57.1 Å². The number of hydrogen-bond donors (Lipinski definition) is 0. The number of aromatic nitrogens is 1. The molecule has 0 saturated carbocycles. The topological polar surface area (TPSA) is 54.9 Å². The Morgan fingerprint density at radius 2 is 1.90 bits per heavy atom. The summed E-state index contributed by atoms with van der Waals surface area (Å²) in [5.41, 5.74) is 4.61. The monoisotopic (exact) mass is 553 g/mol. The van der Waals surface area contributed by atoms with Crippen LogP contribution < -0.4 is 7.85 Å². The number of halogens is 2. The van der Waals surface area contributed by atoms with Gasteiger partial charge >= 0.3 is 6.03 Å². The molecule has 0 aliphatic heterocycles. The van der Waals surface area contributed by atoms with E-state index in [1.807, 2.05) is 66.2 Å². The molecular weight excluding hydrogens is 529 g/mol. The van der Waals surface area contributed by atoms with Gasteiger partial charge in [-0.15, -0.1) is 0 Å². The Kier molecular flexibility index (Phi) is 7.96. The van der Waals surface area contributed by atoms with Gasteiger partial charge in [0.1, 0.15) is 10.9 Å². The molecule has 0 saturated heterocycles. The molecule has 0 aliphatic rings. The Morgan fingerprint density at radius 1 is 1.16 bits per heavy atom. The van der Waals surface area contributed by atoms with E-state index in [1.165, 1.54) is 0 Å². The smallest absolute Gasteiger partial charge is 0.334 e. The zero-order valence-electron chi connectivity index (χ0n) is 18.0. The predicted molar refractivity (Wildman–Crippen MR) is 133 cm³/mol. The van der Waals surface area contributed by atoms with E-state index >= 15 is 0 Å². The molecule has 0 unspecified atom stereocenters. The van der Waals surface area contributed by atoms with Crippen molar-refractivity contribution < 1.29 is 14.3 Å². The first-order valence-corrected chi connectivity index (χ1v) is 11.1. The molecule has 0 bridgehead atoms. The van der Waals surface area contributed by atoms with Crippen LogP contribution in [0.15, 0.2) is 42.5 Å². The Balaban J connectivity index is 1.93. The van der Waals surface area contributed by atoms with Gasteiger partial charge in [-0.3, -0.25) is 0 Å². The van der Waals surface area contributed by atoms with Crippen molar-refractivity contribution in [3.05, 3.63) is 64.3 Å². The highest BCUT2D eigenvalue weighted by Gasteiger charge is 2.24.